The maximum absolute atomic E-state index is 4.41. The highest BCUT2D eigenvalue weighted by atomic mass is 14.9. The van der Waals surface area contributed by atoms with E-state index in [1.807, 2.05) is 18.4 Å². The van der Waals surface area contributed by atoms with Crippen molar-refractivity contribution >= 4 is 12.1 Å². The second kappa shape index (κ2) is 3.46. The van der Waals surface area contributed by atoms with Crippen LogP contribution in [0.25, 0.3) is 0 Å². The van der Waals surface area contributed by atoms with Crippen LogP contribution in [-0.4, -0.2) is 18.1 Å². The Hall–Kier alpha value is -0.920. The minimum Gasteiger partial charge on any atom is -0.263 e. The SMILES string of the molecule is CC1C=CC=NC(C(C)C)=N1. The molecule has 1 atom stereocenters. The zero-order valence-electron chi connectivity index (χ0n) is 7.28. The summed E-state index contributed by atoms with van der Waals surface area (Å²) in [4.78, 5) is 8.62. The number of allylic oxidation sites excluding steroid dienone is 1. The molecule has 0 amide bonds. The second-order valence-corrected chi connectivity index (χ2v) is 3.05. The molecule has 60 valence electrons. The Kier molecular flexibility index (Phi) is 2.58. The molecule has 1 aliphatic rings. The fourth-order valence-electron chi connectivity index (χ4n) is 0.913. The van der Waals surface area contributed by atoms with Crippen molar-refractivity contribution in [3.8, 4) is 0 Å². The van der Waals surface area contributed by atoms with E-state index in [4.69, 9.17) is 0 Å². The van der Waals surface area contributed by atoms with Gasteiger partial charge >= 0.3 is 0 Å². The van der Waals surface area contributed by atoms with E-state index in [0.29, 0.717) is 5.92 Å². The molecule has 0 radical (unpaired) electrons. The highest BCUT2D eigenvalue weighted by Gasteiger charge is 2.05. The minimum absolute atomic E-state index is 0.273. The first-order valence-corrected chi connectivity index (χ1v) is 3.98. The number of aliphatic imine (C=N–C) groups is 2. The molecule has 0 aliphatic carbocycles. The van der Waals surface area contributed by atoms with Gasteiger partial charge in [0.05, 0.1) is 6.04 Å². The zero-order valence-corrected chi connectivity index (χ0v) is 7.28. The lowest BCUT2D eigenvalue weighted by molar-refractivity contribution is 0.834. The van der Waals surface area contributed by atoms with Gasteiger partial charge in [-0.15, -0.1) is 0 Å². The number of nitrogens with zero attached hydrogens (tertiary/aromatic N) is 2. The van der Waals surface area contributed by atoms with Gasteiger partial charge in [-0.2, -0.15) is 0 Å². The Morgan fingerprint density at radius 1 is 1.45 bits per heavy atom. The molecular formula is C9H14N2. The molecular weight excluding hydrogens is 136 g/mol. The molecule has 1 heterocycles. The second-order valence-electron chi connectivity index (χ2n) is 3.05. The first kappa shape index (κ1) is 8.18. The van der Waals surface area contributed by atoms with Crippen LogP contribution in [0.3, 0.4) is 0 Å². The first-order chi connectivity index (χ1) is 5.20. The molecule has 0 aromatic rings. The third kappa shape index (κ3) is 2.30. The number of amidine groups is 1. The van der Waals surface area contributed by atoms with E-state index >= 15 is 0 Å². The lowest BCUT2D eigenvalue weighted by atomic mass is 10.2. The molecule has 0 fully saturated rings. The summed E-state index contributed by atoms with van der Waals surface area (Å²) in [6, 6.07) is 0.273. The zero-order chi connectivity index (χ0) is 8.27. The third-order valence-corrected chi connectivity index (χ3v) is 1.53. The first-order valence-electron chi connectivity index (χ1n) is 3.98. The van der Waals surface area contributed by atoms with Crippen LogP contribution in [0.15, 0.2) is 22.1 Å². The van der Waals surface area contributed by atoms with Gasteiger partial charge in [0, 0.05) is 12.1 Å². The van der Waals surface area contributed by atoms with E-state index in [1.54, 1.807) is 0 Å². The molecule has 2 nitrogen and oxygen atoms in total. The largest absolute Gasteiger partial charge is 0.263 e. The number of hydrogen-bond donors (Lipinski definition) is 0. The van der Waals surface area contributed by atoms with Gasteiger partial charge < -0.3 is 0 Å². The normalized spacial score (nSPS) is 23.6. The van der Waals surface area contributed by atoms with Crippen LogP contribution in [0.5, 0.6) is 0 Å². The van der Waals surface area contributed by atoms with Crippen LogP contribution >= 0.6 is 0 Å². The molecule has 2 heteroatoms. The lowest BCUT2D eigenvalue weighted by Gasteiger charge is -2.04. The Balaban J connectivity index is 2.80. The Bertz CT molecular complexity index is 212. The topological polar surface area (TPSA) is 24.7 Å². The van der Waals surface area contributed by atoms with Crippen molar-refractivity contribution < 1.29 is 0 Å². The monoisotopic (exact) mass is 150 g/mol. The molecule has 0 aromatic heterocycles. The van der Waals surface area contributed by atoms with Crippen molar-refractivity contribution in [1.29, 1.82) is 0 Å². The Morgan fingerprint density at radius 2 is 2.18 bits per heavy atom. The summed E-state index contributed by atoms with van der Waals surface area (Å²) >= 11 is 0. The van der Waals surface area contributed by atoms with Gasteiger partial charge in [0.25, 0.3) is 0 Å². The van der Waals surface area contributed by atoms with Gasteiger partial charge in [0.1, 0.15) is 5.84 Å². The van der Waals surface area contributed by atoms with Crippen LogP contribution < -0.4 is 0 Å². The molecule has 0 saturated heterocycles. The molecule has 1 unspecified atom stereocenters. The van der Waals surface area contributed by atoms with Crippen LogP contribution in [0, 0.1) is 5.92 Å². The van der Waals surface area contributed by atoms with Crippen LogP contribution in [0.2, 0.25) is 0 Å². The van der Waals surface area contributed by atoms with Crippen molar-refractivity contribution in [2.75, 3.05) is 0 Å². The maximum Gasteiger partial charge on any atom is 0.126 e. The maximum atomic E-state index is 4.41. The standard InChI is InChI=1S/C9H14N2/c1-7(2)9-10-6-4-5-8(3)11-9/h4-8H,1-3H3. The predicted octanol–water partition coefficient (Wildman–Crippen LogP) is 2.07. The van der Waals surface area contributed by atoms with Crippen molar-refractivity contribution in [3.05, 3.63) is 12.2 Å². The van der Waals surface area contributed by atoms with Crippen molar-refractivity contribution in [2.45, 2.75) is 26.8 Å². The molecule has 0 saturated carbocycles. The van der Waals surface area contributed by atoms with E-state index in [0.717, 1.165) is 5.84 Å². The molecule has 1 aliphatic heterocycles. The highest BCUT2D eigenvalue weighted by molar-refractivity contribution is 5.94. The summed E-state index contributed by atoms with van der Waals surface area (Å²) in [6.45, 7) is 6.27. The fraction of sp³-hybridized carbons (Fsp3) is 0.556. The van der Waals surface area contributed by atoms with E-state index in [2.05, 4.69) is 30.8 Å². The predicted molar refractivity (Wildman–Crippen MR) is 49.4 cm³/mol. The summed E-state index contributed by atoms with van der Waals surface area (Å²) in [5, 5.41) is 0. The molecule has 11 heavy (non-hydrogen) atoms. The van der Waals surface area contributed by atoms with Gasteiger partial charge in [-0.05, 0) is 13.0 Å². The molecule has 0 spiro atoms. The fourth-order valence-corrected chi connectivity index (χ4v) is 0.913. The number of hydrogen-bond acceptors (Lipinski definition) is 2. The highest BCUT2D eigenvalue weighted by Crippen LogP contribution is 2.04. The summed E-state index contributed by atoms with van der Waals surface area (Å²) in [5.41, 5.74) is 0. The summed E-state index contributed by atoms with van der Waals surface area (Å²) in [6.07, 6.45) is 5.80. The number of rotatable bonds is 1. The van der Waals surface area contributed by atoms with Gasteiger partial charge in [0.2, 0.25) is 0 Å². The average molecular weight is 150 g/mol. The molecule has 0 aromatic carbocycles. The minimum atomic E-state index is 0.273. The van der Waals surface area contributed by atoms with E-state index in [1.165, 1.54) is 0 Å². The summed E-state index contributed by atoms with van der Waals surface area (Å²) < 4.78 is 0. The van der Waals surface area contributed by atoms with Crippen molar-refractivity contribution in [3.63, 3.8) is 0 Å². The quantitative estimate of drug-likeness (QED) is 0.546. The average Bonchev–Trinajstić information content (AvgIpc) is 2.13. The van der Waals surface area contributed by atoms with E-state index < -0.39 is 0 Å². The molecule has 0 bridgehead atoms. The Labute approximate surface area is 67.8 Å². The lowest BCUT2D eigenvalue weighted by Crippen LogP contribution is -2.06. The smallest absolute Gasteiger partial charge is 0.126 e. The van der Waals surface area contributed by atoms with E-state index in [-0.39, 0.29) is 6.04 Å². The van der Waals surface area contributed by atoms with Gasteiger partial charge in [-0.25, -0.2) is 4.99 Å². The van der Waals surface area contributed by atoms with Crippen molar-refractivity contribution in [2.24, 2.45) is 15.9 Å². The summed E-state index contributed by atoms with van der Waals surface area (Å²) in [7, 11) is 0. The van der Waals surface area contributed by atoms with Gasteiger partial charge in [-0.1, -0.05) is 19.9 Å². The van der Waals surface area contributed by atoms with Crippen molar-refractivity contribution in [1.82, 2.24) is 0 Å². The molecule has 1 rings (SSSR count). The van der Waals surface area contributed by atoms with Gasteiger partial charge in [-0.3, -0.25) is 4.99 Å². The van der Waals surface area contributed by atoms with Gasteiger partial charge in [0.15, 0.2) is 0 Å². The molecule has 0 N–H and O–H groups in total. The Morgan fingerprint density at radius 3 is 2.82 bits per heavy atom. The summed E-state index contributed by atoms with van der Waals surface area (Å²) in [5.74, 6) is 1.37. The van der Waals surface area contributed by atoms with Crippen LogP contribution in [0.4, 0.5) is 0 Å². The van der Waals surface area contributed by atoms with E-state index in [9.17, 15) is 0 Å². The van der Waals surface area contributed by atoms with Crippen LogP contribution in [0.1, 0.15) is 20.8 Å². The third-order valence-electron chi connectivity index (χ3n) is 1.53. The van der Waals surface area contributed by atoms with Crippen LogP contribution in [-0.2, 0) is 0 Å².